The van der Waals surface area contributed by atoms with Crippen LogP contribution >= 0.6 is 0 Å². The van der Waals surface area contributed by atoms with Gasteiger partial charge in [-0.25, -0.2) is 0 Å². The minimum atomic E-state index is 0.177. The second-order valence-electron chi connectivity index (χ2n) is 6.23. The van der Waals surface area contributed by atoms with E-state index in [1.165, 1.54) is 43.4 Å². The largest absolute Gasteiger partial charge is 0.409 e. The summed E-state index contributed by atoms with van der Waals surface area (Å²) in [7, 11) is 0. The van der Waals surface area contributed by atoms with Crippen LogP contribution in [0.1, 0.15) is 42.4 Å². The Balaban J connectivity index is 1.72. The third kappa shape index (κ3) is 3.12. The van der Waals surface area contributed by atoms with Gasteiger partial charge in [-0.1, -0.05) is 17.3 Å². The van der Waals surface area contributed by atoms with Gasteiger partial charge in [-0.15, -0.1) is 0 Å². The van der Waals surface area contributed by atoms with E-state index < -0.39 is 0 Å². The second-order valence-corrected chi connectivity index (χ2v) is 6.23. The monoisotopic (exact) mass is 273 g/mol. The van der Waals surface area contributed by atoms with Crippen molar-refractivity contribution in [1.29, 1.82) is 0 Å². The maximum atomic E-state index is 8.74. The summed E-state index contributed by atoms with van der Waals surface area (Å²) in [4.78, 5) is 2.64. The first-order chi connectivity index (χ1) is 9.67. The van der Waals surface area contributed by atoms with Crippen molar-refractivity contribution < 1.29 is 5.21 Å². The fourth-order valence-electron chi connectivity index (χ4n) is 2.72. The highest BCUT2D eigenvalue weighted by atomic mass is 16.4. The molecule has 0 bridgehead atoms. The number of oxime groups is 1. The van der Waals surface area contributed by atoms with Crippen molar-refractivity contribution in [2.24, 2.45) is 16.8 Å². The minimum Gasteiger partial charge on any atom is -0.409 e. The number of nitrogens with zero attached hydrogens (tertiary/aromatic N) is 2. The van der Waals surface area contributed by atoms with Crippen LogP contribution in [0.2, 0.25) is 0 Å². The molecule has 0 heterocycles. The average molecular weight is 273 g/mol. The number of amidine groups is 1. The van der Waals surface area contributed by atoms with E-state index in [9.17, 15) is 0 Å². The number of benzene rings is 1. The zero-order valence-electron chi connectivity index (χ0n) is 12.0. The first-order valence-corrected chi connectivity index (χ1v) is 7.49. The number of hydrogen-bond acceptors (Lipinski definition) is 3. The van der Waals surface area contributed by atoms with Crippen molar-refractivity contribution in [1.82, 2.24) is 4.90 Å². The molecule has 1 aromatic carbocycles. The second kappa shape index (κ2) is 5.44. The number of hydrogen-bond donors (Lipinski definition) is 2. The molecule has 108 valence electrons. The van der Waals surface area contributed by atoms with Crippen molar-refractivity contribution in [2.45, 2.75) is 45.2 Å². The Morgan fingerprint density at radius 1 is 1.35 bits per heavy atom. The molecule has 0 atom stereocenters. The molecule has 0 aromatic heterocycles. The van der Waals surface area contributed by atoms with Crippen molar-refractivity contribution >= 4 is 5.84 Å². The Morgan fingerprint density at radius 2 is 2.10 bits per heavy atom. The van der Waals surface area contributed by atoms with Gasteiger partial charge < -0.3 is 10.9 Å². The first-order valence-electron chi connectivity index (χ1n) is 7.49. The molecule has 0 aliphatic heterocycles. The minimum absolute atomic E-state index is 0.177. The van der Waals surface area contributed by atoms with Gasteiger partial charge >= 0.3 is 0 Å². The number of aryl methyl sites for hydroxylation is 1. The van der Waals surface area contributed by atoms with Crippen LogP contribution < -0.4 is 5.73 Å². The Labute approximate surface area is 120 Å². The number of nitrogens with two attached hydrogens (primary N) is 1. The van der Waals surface area contributed by atoms with Crippen molar-refractivity contribution in [3.8, 4) is 0 Å². The summed E-state index contributed by atoms with van der Waals surface area (Å²) in [6, 6.07) is 6.87. The molecule has 2 aliphatic rings. The summed E-state index contributed by atoms with van der Waals surface area (Å²) >= 11 is 0. The molecule has 0 unspecified atom stereocenters. The summed E-state index contributed by atoms with van der Waals surface area (Å²) in [6.07, 6.45) is 5.53. The van der Waals surface area contributed by atoms with Gasteiger partial charge in [0.05, 0.1) is 0 Å². The highest BCUT2D eigenvalue weighted by Crippen LogP contribution is 2.35. The molecule has 2 saturated carbocycles. The summed E-state index contributed by atoms with van der Waals surface area (Å²) in [5.74, 6) is 1.11. The van der Waals surface area contributed by atoms with Crippen LogP contribution in [0.15, 0.2) is 23.4 Å². The maximum absolute atomic E-state index is 8.74. The Hall–Kier alpha value is -1.55. The lowest BCUT2D eigenvalue weighted by molar-refractivity contribution is 0.243. The molecule has 1 aromatic rings. The molecule has 0 radical (unpaired) electrons. The van der Waals surface area contributed by atoms with E-state index in [4.69, 9.17) is 10.9 Å². The van der Waals surface area contributed by atoms with Crippen LogP contribution in [0.25, 0.3) is 0 Å². The molecule has 3 N–H and O–H groups in total. The molecular formula is C16H23N3O. The van der Waals surface area contributed by atoms with Crippen molar-refractivity contribution in [3.05, 3.63) is 34.9 Å². The predicted molar refractivity (Wildman–Crippen MR) is 79.8 cm³/mol. The molecule has 3 rings (SSSR count). The van der Waals surface area contributed by atoms with Gasteiger partial charge in [0.2, 0.25) is 0 Å². The molecule has 0 spiro atoms. The Bertz CT molecular complexity index is 518. The smallest absolute Gasteiger partial charge is 0.170 e. The van der Waals surface area contributed by atoms with Gasteiger partial charge in [0.25, 0.3) is 0 Å². The van der Waals surface area contributed by atoms with Crippen LogP contribution in [0.3, 0.4) is 0 Å². The van der Waals surface area contributed by atoms with Crippen LogP contribution in [-0.4, -0.2) is 28.5 Å². The SMILES string of the molecule is Cc1cc(/C(N)=N/O)ccc1CN(CC1CC1)C1CC1. The lowest BCUT2D eigenvalue weighted by Crippen LogP contribution is -2.28. The average Bonchev–Trinajstić information content (AvgIpc) is 3.31. The van der Waals surface area contributed by atoms with Crippen molar-refractivity contribution in [2.75, 3.05) is 6.54 Å². The van der Waals surface area contributed by atoms with E-state index in [1.807, 2.05) is 12.1 Å². The van der Waals surface area contributed by atoms with E-state index in [-0.39, 0.29) is 5.84 Å². The molecule has 4 nitrogen and oxygen atoms in total. The predicted octanol–water partition coefficient (Wildman–Crippen LogP) is 2.46. The van der Waals surface area contributed by atoms with Crippen LogP contribution in [0.4, 0.5) is 0 Å². The highest BCUT2D eigenvalue weighted by Gasteiger charge is 2.33. The quantitative estimate of drug-likeness (QED) is 0.362. The van der Waals surface area contributed by atoms with E-state index >= 15 is 0 Å². The van der Waals surface area contributed by atoms with Crippen LogP contribution in [-0.2, 0) is 6.54 Å². The summed E-state index contributed by atoms with van der Waals surface area (Å²) in [6.45, 7) is 4.39. The van der Waals surface area contributed by atoms with E-state index in [1.54, 1.807) is 0 Å². The fraction of sp³-hybridized carbons (Fsp3) is 0.562. The summed E-state index contributed by atoms with van der Waals surface area (Å²) < 4.78 is 0. The first kappa shape index (κ1) is 13.4. The Morgan fingerprint density at radius 3 is 2.65 bits per heavy atom. The van der Waals surface area contributed by atoms with Crippen LogP contribution in [0.5, 0.6) is 0 Å². The van der Waals surface area contributed by atoms with Crippen LogP contribution in [0, 0.1) is 12.8 Å². The van der Waals surface area contributed by atoms with Gasteiger partial charge in [0.15, 0.2) is 5.84 Å². The third-order valence-electron chi connectivity index (χ3n) is 4.37. The molecular weight excluding hydrogens is 250 g/mol. The lowest BCUT2D eigenvalue weighted by atomic mass is 10.0. The molecule has 2 fully saturated rings. The topological polar surface area (TPSA) is 61.9 Å². The maximum Gasteiger partial charge on any atom is 0.170 e. The van der Waals surface area contributed by atoms with Crippen molar-refractivity contribution in [3.63, 3.8) is 0 Å². The lowest BCUT2D eigenvalue weighted by Gasteiger charge is -2.23. The fourth-order valence-corrected chi connectivity index (χ4v) is 2.72. The highest BCUT2D eigenvalue weighted by molar-refractivity contribution is 5.97. The van der Waals surface area contributed by atoms with Gasteiger partial charge in [-0.05, 0) is 55.7 Å². The van der Waals surface area contributed by atoms with Gasteiger partial charge in [0.1, 0.15) is 0 Å². The van der Waals surface area contributed by atoms with Gasteiger partial charge in [-0.3, -0.25) is 4.90 Å². The molecule has 0 amide bonds. The third-order valence-corrected chi connectivity index (χ3v) is 4.37. The van der Waals surface area contributed by atoms with E-state index in [2.05, 4.69) is 23.0 Å². The van der Waals surface area contributed by atoms with E-state index in [0.717, 1.165) is 24.1 Å². The van der Waals surface area contributed by atoms with Gasteiger partial charge in [0, 0.05) is 24.7 Å². The molecule has 0 saturated heterocycles. The summed E-state index contributed by atoms with van der Waals surface area (Å²) in [5, 5.41) is 11.8. The normalized spacial score (nSPS) is 19.6. The van der Waals surface area contributed by atoms with Gasteiger partial charge in [-0.2, -0.15) is 0 Å². The molecule has 2 aliphatic carbocycles. The zero-order chi connectivity index (χ0) is 14.1. The van der Waals surface area contributed by atoms with E-state index in [0.29, 0.717) is 0 Å². The molecule has 20 heavy (non-hydrogen) atoms. The number of rotatable bonds is 6. The standard InChI is InChI=1S/C16H23N3O/c1-11-8-13(16(17)18-20)4-5-14(11)10-19(15-6-7-15)9-12-2-3-12/h4-5,8,12,15,20H,2-3,6-7,9-10H2,1H3,(H2,17,18). The Kier molecular flexibility index (Phi) is 3.66. The molecule has 4 heteroatoms. The zero-order valence-corrected chi connectivity index (χ0v) is 12.0. The summed E-state index contributed by atoms with van der Waals surface area (Å²) in [5.41, 5.74) is 8.99.